The Morgan fingerprint density at radius 1 is 1.28 bits per heavy atom. The van der Waals surface area contributed by atoms with Crippen molar-refractivity contribution in [3.8, 4) is 0 Å². The molecule has 0 radical (unpaired) electrons. The summed E-state index contributed by atoms with van der Waals surface area (Å²) in [5.41, 5.74) is -0.391. The van der Waals surface area contributed by atoms with Gasteiger partial charge < -0.3 is 15.0 Å². The van der Waals surface area contributed by atoms with E-state index in [-0.39, 0.29) is 6.09 Å². The van der Waals surface area contributed by atoms with Gasteiger partial charge in [-0.1, -0.05) is 6.42 Å². The molecular formula is C14H26N2O2. The number of piperidine rings is 1. The number of nitrogens with one attached hydrogen (secondary N) is 1. The zero-order valence-corrected chi connectivity index (χ0v) is 11.9. The van der Waals surface area contributed by atoms with Gasteiger partial charge in [0.05, 0.1) is 0 Å². The maximum absolute atomic E-state index is 12.0. The molecule has 4 heteroatoms. The van der Waals surface area contributed by atoms with Crippen molar-refractivity contribution in [2.24, 2.45) is 5.92 Å². The summed E-state index contributed by atoms with van der Waals surface area (Å²) in [7, 11) is 0. The van der Waals surface area contributed by atoms with Crippen LogP contribution in [0.3, 0.4) is 0 Å². The molecule has 2 rings (SSSR count). The van der Waals surface area contributed by atoms with E-state index in [1.54, 1.807) is 0 Å². The summed E-state index contributed by atoms with van der Waals surface area (Å²) in [6, 6.07) is 0.603. The SMILES string of the molecule is CC(C)(C)OC(=O)N1CC[C@H]([C@H]2CCCCN2)C1. The van der Waals surface area contributed by atoms with Gasteiger partial charge in [0.15, 0.2) is 0 Å². The summed E-state index contributed by atoms with van der Waals surface area (Å²) in [4.78, 5) is 13.8. The van der Waals surface area contributed by atoms with Crippen LogP contribution in [0.25, 0.3) is 0 Å². The van der Waals surface area contributed by atoms with Crippen molar-refractivity contribution in [1.82, 2.24) is 10.2 Å². The van der Waals surface area contributed by atoms with E-state index in [2.05, 4.69) is 5.32 Å². The van der Waals surface area contributed by atoms with Crippen LogP contribution in [0.4, 0.5) is 4.79 Å². The van der Waals surface area contributed by atoms with Gasteiger partial charge in [0.25, 0.3) is 0 Å². The molecule has 0 aromatic heterocycles. The Bertz CT molecular complexity index is 293. The van der Waals surface area contributed by atoms with Gasteiger partial charge in [-0.2, -0.15) is 0 Å². The molecule has 2 aliphatic heterocycles. The number of hydrogen-bond donors (Lipinski definition) is 1. The van der Waals surface area contributed by atoms with Gasteiger partial charge in [-0.25, -0.2) is 4.79 Å². The van der Waals surface area contributed by atoms with E-state index < -0.39 is 5.60 Å². The third-order valence-electron chi connectivity index (χ3n) is 3.79. The van der Waals surface area contributed by atoms with Gasteiger partial charge in [0, 0.05) is 19.1 Å². The van der Waals surface area contributed by atoms with Crippen molar-refractivity contribution in [3.63, 3.8) is 0 Å². The second kappa shape index (κ2) is 5.47. The molecule has 0 aliphatic carbocycles. The van der Waals surface area contributed by atoms with Crippen LogP contribution in [0.2, 0.25) is 0 Å². The van der Waals surface area contributed by atoms with Crippen molar-refractivity contribution < 1.29 is 9.53 Å². The molecule has 2 atom stereocenters. The Morgan fingerprint density at radius 3 is 2.67 bits per heavy atom. The van der Waals surface area contributed by atoms with Gasteiger partial charge in [-0.15, -0.1) is 0 Å². The summed E-state index contributed by atoms with van der Waals surface area (Å²) in [5.74, 6) is 0.609. The second-order valence-electron chi connectivity index (χ2n) is 6.53. The van der Waals surface area contributed by atoms with Crippen LogP contribution in [0.15, 0.2) is 0 Å². The average Bonchev–Trinajstić information content (AvgIpc) is 2.77. The molecule has 1 amide bonds. The van der Waals surface area contributed by atoms with E-state index in [1.807, 2.05) is 25.7 Å². The van der Waals surface area contributed by atoms with Crippen molar-refractivity contribution in [1.29, 1.82) is 0 Å². The van der Waals surface area contributed by atoms with Crippen molar-refractivity contribution in [2.75, 3.05) is 19.6 Å². The van der Waals surface area contributed by atoms with Gasteiger partial charge in [-0.05, 0) is 52.5 Å². The molecule has 2 saturated heterocycles. The molecule has 1 N–H and O–H groups in total. The molecule has 0 unspecified atom stereocenters. The highest BCUT2D eigenvalue weighted by Gasteiger charge is 2.34. The predicted molar refractivity (Wildman–Crippen MR) is 71.6 cm³/mol. The van der Waals surface area contributed by atoms with Crippen molar-refractivity contribution >= 4 is 6.09 Å². The lowest BCUT2D eigenvalue weighted by molar-refractivity contribution is 0.0284. The standard InChI is InChI=1S/C14H26N2O2/c1-14(2,3)18-13(17)16-9-7-11(10-16)12-6-4-5-8-15-12/h11-12,15H,4-10H2,1-3H3/t11-,12+/m0/s1. The molecule has 0 saturated carbocycles. The summed E-state index contributed by atoms with van der Waals surface area (Å²) in [6.07, 6.45) is 4.82. The number of hydrogen-bond acceptors (Lipinski definition) is 3. The van der Waals surface area contributed by atoms with E-state index in [1.165, 1.54) is 19.3 Å². The molecular weight excluding hydrogens is 228 g/mol. The minimum absolute atomic E-state index is 0.152. The Labute approximate surface area is 110 Å². The molecule has 2 fully saturated rings. The monoisotopic (exact) mass is 254 g/mol. The quantitative estimate of drug-likeness (QED) is 0.781. The first kappa shape index (κ1) is 13.7. The van der Waals surface area contributed by atoms with E-state index in [9.17, 15) is 4.79 Å². The lowest BCUT2D eigenvalue weighted by Crippen LogP contribution is -2.42. The fourth-order valence-corrected chi connectivity index (χ4v) is 2.89. The summed E-state index contributed by atoms with van der Waals surface area (Å²) in [6.45, 7) is 8.58. The lowest BCUT2D eigenvalue weighted by Gasteiger charge is -2.29. The predicted octanol–water partition coefficient (Wildman–Crippen LogP) is 2.39. The third kappa shape index (κ3) is 3.61. The normalized spacial score (nSPS) is 29.4. The van der Waals surface area contributed by atoms with Crippen LogP contribution in [-0.4, -0.2) is 42.3 Å². The van der Waals surface area contributed by atoms with Crippen LogP contribution in [-0.2, 0) is 4.74 Å². The minimum Gasteiger partial charge on any atom is -0.444 e. The van der Waals surface area contributed by atoms with Crippen molar-refractivity contribution in [2.45, 2.75) is 58.1 Å². The summed E-state index contributed by atoms with van der Waals surface area (Å²) < 4.78 is 5.42. The first-order chi connectivity index (χ1) is 8.46. The highest BCUT2D eigenvalue weighted by atomic mass is 16.6. The van der Waals surface area contributed by atoms with Crippen LogP contribution >= 0.6 is 0 Å². The highest BCUT2D eigenvalue weighted by Crippen LogP contribution is 2.25. The summed E-state index contributed by atoms with van der Waals surface area (Å²) >= 11 is 0. The smallest absolute Gasteiger partial charge is 0.410 e. The van der Waals surface area contributed by atoms with Crippen LogP contribution < -0.4 is 5.32 Å². The van der Waals surface area contributed by atoms with Gasteiger partial charge in [0.2, 0.25) is 0 Å². The fourth-order valence-electron chi connectivity index (χ4n) is 2.89. The van der Waals surface area contributed by atoms with Crippen LogP contribution in [0, 0.1) is 5.92 Å². The zero-order valence-electron chi connectivity index (χ0n) is 11.9. The van der Waals surface area contributed by atoms with E-state index in [4.69, 9.17) is 4.74 Å². The minimum atomic E-state index is -0.391. The molecule has 104 valence electrons. The van der Waals surface area contributed by atoms with Crippen LogP contribution in [0.5, 0.6) is 0 Å². The third-order valence-corrected chi connectivity index (χ3v) is 3.79. The Kier molecular flexibility index (Phi) is 4.15. The van der Waals surface area contributed by atoms with E-state index in [0.29, 0.717) is 12.0 Å². The topological polar surface area (TPSA) is 41.6 Å². The highest BCUT2D eigenvalue weighted by molar-refractivity contribution is 5.68. The van der Waals surface area contributed by atoms with Gasteiger partial charge in [-0.3, -0.25) is 0 Å². The number of amides is 1. The van der Waals surface area contributed by atoms with Gasteiger partial charge in [0.1, 0.15) is 5.60 Å². The van der Waals surface area contributed by atoms with Crippen molar-refractivity contribution in [3.05, 3.63) is 0 Å². The molecule has 2 heterocycles. The Morgan fingerprint density at radius 2 is 2.06 bits per heavy atom. The number of ether oxygens (including phenoxy) is 1. The second-order valence-corrected chi connectivity index (χ2v) is 6.53. The van der Waals surface area contributed by atoms with Crippen LogP contribution in [0.1, 0.15) is 46.5 Å². The zero-order chi connectivity index (χ0) is 13.2. The van der Waals surface area contributed by atoms with Gasteiger partial charge >= 0.3 is 6.09 Å². The van der Waals surface area contributed by atoms with E-state index in [0.717, 1.165) is 26.1 Å². The Balaban J connectivity index is 1.82. The fraction of sp³-hybridized carbons (Fsp3) is 0.929. The molecule has 0 bridgehead atoms. The average molecular weight is 254 g/mol. The number of likely N-dealkylation sites (tertiary alicyclic amines) is 1. The first-order valence-electron chi connectivity index (χ1n) is 7.17. The lowest BCUT2D eigenvalue weighted by atomic mass is 9.91. The number of carbonyl (C=O) groups excluding carboxylic acids is 1. The molecule has 0 aromatic rings. The number of rotatable bonds is 1. The molecule has 18 heavy (non-hydrogen) atoms. The first-order valence-corrected chi connectivity index (χ1v) is 7.17. The Hall–Kier alpha value is -0.770. The number of nitrogens with zero attached hydrogens (tertiary/aromatic N) is 1. The van der Waals surface area contributed by atoms with E-state index >= 15 is 0 Å². The summed E-state index contributed by atoms with van der Waals surface area (Å²) in [5, 5.41) is 3.59. The molecule has 2 aliphatic rings. The maximum atomic E-state index is 12.0. The molecule has 4 nitrogen and oxygen atoms in total. The molecule has 0 spiro atoms. The number of carbonyl (C=O) groups is 1. The maximum Gasteiger partial charge on any atom is 0.410 e. The molecule has 0 aromatic carbocycles. The largest absolute Gasteiger partial charge is 0.444 e.